The second-order valence-electron chi connectivity index (χ2n) is 11.8. The number of carbonyl (C=O) groups is 3. The average molecular weight is 562 g/mol. The Morgan fingerprint density at radius 3 is 2.62 bits per heavy atom. The average Bonchev–Trinajstić information content (AvgIpc) is 3.57. The molecule has 7 nitrogen and oxygen atoms in total. The second kappa shape index (κ2) is 10.7. The van der Waals surface area contributed by atoms with E-state index in [9.17, 15) is 14.4 Å². The lowest BCUT2D eigenvalue weighted by Crippen LogP contribution is -2.57. The van der Waals surface area contributed by atoms with Gasteiger partial charge >= 0.3 is 0 Å². The maximum Gasteiger partial charge on any atom is 0.246 e. The molecule has 1 aliphatic carbocycles. The highest BCUT2D eigenvalue weighted by molar-refractivity contribution is 6.30. The first-order chi connectivity index (χ1) is 19.3. The Hall–Kier alpha value is -3.16. The topological polar surface area (TPSA) is 87.7 Å². The van der Waals surface area contributed by atoms with Gasteiger partial charge in [-0.2, -0.15) is 0 Å². The molecule has 4 aliphatic rings. The van der Waals surface area contributed by atoms with Gasteiger partial charge in [-0.15, -0.1) is 0 Å². The molecule has 8 heteroatoms. The van der Waals surface area contributed by atoms with Gasteiger partial charge in [0.05, 0.1) is 17.9 Å². The number of hydrogen-bond donors (Lipinski definition) is 2. The number of halogens is 1. The number of benzene rings is 2. The Kier molecular flexibility index (Phi) is 7.21. The number of likely N-dealkylation sites (tertiary alicyclic amines) is 1. The lowest BCUT2D eigenvalue weighted by molar-refractivity contribution is -0.141. The summed E-state index contributed by atoms with van der Waals surface area (Å²) in [5, 5.41) is 6.92. The minimum absolute atomic E-state index is 0.0629. The van der Waals surface area contributed by atoms with Crippen LogP contribution < -0.4 is 10.6 Å². The van der Waals surface area contributed by atoms with E-state index in [1.54, 1.807) is 4.90 Å². The molecule has 2 N–H and O–H groups in total. The lowest BCUT2D eigenvalue weighted by Gasteiger charge is -2.36. The molecule has 0 aromatic heterocycles. The molecular formula is C32H36ClN3O4. The first kappa shape index (κ1) is 27.0. The van der Waals surface area contributed by atoms with Crippen molar-refractivity contribution in [2.45, 2.75) is 69.7 Å². The number of aryl methyl sites for hydroxylation is 1. The van der Waals surface area contributed by atoms with Crippen molar-refractivity contribution in [2.75, 3.05) is 11.9 Å². The summed E-state index contributed by atoms with van der Waals surface area (Å²) >= 11 is 6.07. The molecule has 1 spiro atoms. The summed E-state index contributed by atoms with van der Waals surface area (Å²) in [6.45, 7) is 4.47. The Morgan fingerprint density at radius 2 is 1.88 bits per heavy atom. The van der Waals surface area contributed by atoms with E-state index in [4.69, 9.17) is 16.3 Å². The van der Waals surface area contributed by atoms with Crippen molar-refractivity contribution in [3.8, 4) is 0 Å². The molecule has 0 radical (unpaired) electrons. The van der Waals surface area contributed by atoms with Crippen LogP contribution in [-0.2, 0) is 25.5 Å². The van der Waals surface area contributed by atoms with E-state index in [1.165, 1.54) is 6.42 Å². The third-order valence-electron chi connectivity index (χ3n) is 9.20. The summed E-state index contributed by atoms with van der Waals surface area (Å²) in [5.41, 5.74) is 1.55. The van der Waals surface area contributed by atoms with E-state index in [1.807, 2.05) is 67.6 Å². The number of nitrogens with zero attached hydrogens (tertiary/aromatic N) is 1. The Balaban J connectivity index is 1.30. The SMILES string of the molecule is Cc1cccc(NC(=O)[C@@H]2[C@@H]3C=C[C@]4(O3)[C@@H]2C(=O)N(CCc2ccc(Cl)cc2)[C@H]4C(=O)N[C@@H]2CCCC[C@@H]2C)c1. The summed E-state index contributed by atoms with van der Waals surface area (Å²) < 4.78 is 6.48. The predicted molar refractivity (Wildman–Crippen MR) is 154 cm³/mol. The molecule has 2 aromatic carbocycles. The molecule has 210 valence electrons. The van der Waals surface area contributed by atoms with Crippen LogP contribution in [0.25, 0.3) is 0 Å². The van der Waals surface area contributed by atoms with Gasteiger partial charge in [0.25, 0.3) is 0 Å². The van der Waals surface area contributed by atoms with Crippen molar-refractivity contribution in [1.82, 2.24) is 10.2 Å². The van der Waals surface area contributed by atoms with Gasteiger partial charge in [0.1, 0.15) is 11.6 Å². The van der Waals surface area contributed by atoms with Crippen LogP contribution in [-0.4, -0.2) is 53.0 Å². The first-order valence-corrected chi connectivity index (χ1v) is 14.7. The molecule has 2 bridgehead atoms. The maximum atomic E-state index is 14.2. The first-order valence-electron chi connectivity index (χ1n) is 14.4. The van der Waals surface area contributed by atoms with E-state index in [2.05, 4.69) is 17.6 Å². The summed E-state index contributed by atoms with van der Waals surface area (Å²) in [6.07, 6.45) is 7.97. The highest BCUT2D eigenvalue weighted by atomic mass is 35.5. The number of hydrogen-bond acceptors (Lipinski definition) is 4. The summed E-state index contributed by atoms with van der Waals surface area (Å²) in [6, 6.07) is 14.3. The van der Waals surface area contributed by atoms with Crippen LogP contribution >= 0.6 is 11.6 Å². The monoisotopic (exact) mass is 561 g/mol. The third kappa shape index (κ3) is 4.73. The number of ether oxygens (including phenoxy) is 1. The van der Waals surface area contributed by atoms with Crippen LogP contribution in [0.1, 0.15) is 43.7 Å². The number of anilines is 1. The van der Waals surface area contributed by atoms with E-state index < -0.39 is 29.6 Å². The molecule has 0 unspecified atom stereocenters. The van der Waals surface area contributed by atoms with Crippen LogP contribution in [0, 0.1) is 24.7 Å². The quantitative estimate of drug-likeness (QED) is 0.481. The molecule has 3 heterocycles. The Labute approximate surface area is 240 Å². The summed E-state index contributed by atoms with van der Waals surface area (Å²) in [4.78, 5) is 43.5. The largest absolute Gasteiger partial charge is 0.359 e. The number of carbonyl (C=O) groups excluding carboxylic acids is 3. The van der Waals surface area contributed by atoms with Gasteiger partial charge < -0.3 is 20.3 Å². The van der Waals surface area contributed by atoms with Gasteiger partial charge in [-0.05, 0) is 67.5 Å². The fourth-order valence-corrected chi connectivity index (χ4v) is 7.28. The number of fused-ring (bicyclic) bond motifs is 1. The number of rotatable bonds is 7. The van der Waals surface area contributed by atoms with E-state index in [0.717, 1.165) is 30.4 Å². The summed E-state index contributed by atoms with van der Waals surface area (Å²) in [5.74, 6) is -1.79. The van der Waals surface area contributed by atoms with E-state index in [-0.39, 0.29) is 23.8 Å². The van der Waals surface area contributed by atoms with E-state index in [0.29, 0.717) is 29.6 Å². The zero-order valence-electron chi connectivity index (χ0n) is 22.9. The van der Waals surface area contributed by atoms with Crippen molar-refractivity contribution in [1.29, 1.82) is 0 Å². The molecule has 3 amide bonds. The zero-order chi connectivity index (χ0) is 28.0. The van der Waals surface area contributed by atoms with Gasteiger partial charge in [0.2, 0.25) is 17.7 Å². The minimum atomic E-state index is -1.17. The van der Waals surface area contributed by atoms with Gasteiger partial charge in [-0.25, -0.2) is 0 Å². The molecular weight excluding hydrogens is 526 g/mol. The molecule has 3 fully saturated rings. The molecule has 7 atom stereocenters. The van der Waals surface area contributed by atoms with Gasteiger partial charge in [-0.1, -0.05) is 67.8 Å². The zero-order valence-corrected chi connectivity index (χ0v) is 23.7. The van der Waals surface area contributed by atoms with Crippen molar-refractivity contribution in [2.24, 2.45) is 17.8 Å². The normalized spacial score (nSPS) is 32.3. The number of nitrogens with one attached hydrogen (secondary N) is 2. The van der Waals surface area contributed by atoms with Crippen molar-refractivity contribution in [3.05, 3.63) is 76.8 Å². The van der Waals surface area contributed by atoms with Crippen LogP contribution in [0.5, 0.6) is 0 Å². The molecule has 1 saturated carbocycles. The minimum Gasteiger partial charge on any atom is -0.359 e. The van der Waals surface area contributed by atoms with Crippen molar-refractivity contribution < 1.29 is 19.1 Å². The van der Waals surface area contributed by atoms with Crippen molar-refractivity contribution in [3.63, 3.8) is 0 Å². The van der Waals surface area contributed by atoms with E-state index >= 15 is 0 Å². The molecule has 2 aromatic rings. The molecule has 2 saturated heterocycles. The van der Waals surface area contributed by atoms with Crippen LogP contribution in [0.3, 0.4) is 0 Å². The van der Waals surface area contributed by atoms with Crippen LogP contribution in [0.15, 0.2) is 60.7 Å². The van der Waals surface area contributed by atoms with Gasteiger partial charge in [-0.3, -0.25) is 14.4 Å². The number of amides is 3. The summed E-state index contributed by atoms with van der Waals surface area (Å²) in [7, 11) is 0. The molecule has 6 rings (SSSR count). The Bertz CT molecular complexity index is 1340. The predicted octanol–water partition coefficient (Wildman–Crippen LogP) is 4.68. The highest BCUT2D eigenvalue weighted by Crippen LogP contribution is 2.55. The second-order valence-corrected chi connectivity index (χ2v) is 12.3. The third-order valence-corrected chi connectivity index (χ3v) is 9.46. The smallest absolute Gasteiger partial charge is 0.246 e. The Morgan fingerprint density at radius 1 is 1.10 bits per heavy atom. The van der Waals surface area contributed by atoms with Gasteiger partial charge in [0, 0.05) is 23.3 Å². The van der Waals surface area contributed by atoms with Crippen LogP contribution in [0.2, 0.25) is 5.02 Å². The van der Waals surface area contributed by atoms with Crippen molar-refractivity contribution >= 4 is 35.0 Å². The van der Waals surface area contributed by atoms with Crippen LogP contribution in [0.4, 0.5) is 5.69 Å². The molecule has 40 heavy (non-hydrogen) atoms. The fraction of sp³-hybridized carbons (Fsp3) is 0.469. The lowest BCUT2D eigenvalue weighted by atomic mass is 9.74. The fourth-order valence-electron chi connectivity index (χ4n) is 7.15. The maximum absolute atomic E-state index is 14.2. The standard InChI is InChI=1S/C32H36ClN3O4/c1-19-6-5-8-23(18-19)34-29(37)26-25-14-16-32(40-25)27(26)31(39)36(17-15-21-10-12-22(33)13-11-21)28(32)30(38)35-24-9-4-3-7-20(24)2/h5-6,8,10-14,16,18,20,24-28H,3-4,7,9,15,17H2,1-2H3,(H,34,37)(H,35,38)/t20-,24+,25-,26+,27-,28-,32-/m0/s1. The van der Waals surface area contributed by atoms with Gasteiger partial charge in [0.15, 0.2) is 0 Å². The molecule has 3 aliphatic heterocycles. The highest BCUT2D eigenvalue weighted by Gasteiger charge is 2.72.